The van der Waals surface area contributed by atoms with Crippen LogP contribution >= 0.6 is 0 Å². The van der Waals surface area contributed by atoms with Gasteiger partial charge in [0.05, 0.1) is 0 Å². The first-order valence-electron chi connectivity index (χ1n) is 7.34. The maximum Gasteiger partial charge on any atom is 0.339 e. The fourth-order valence-electron chi connectivity index (χ4n) is 2.93. The zero-order valence-corrected chi connectivity index (χ0v) is 11.6. The number of carboxylic acids is 1. The molecule has 1 fully saturated rings. The summed E-state index contributed by atoms with van der Waals surface area (Å²) in [6, 6.07) is 2.28. The number of nitrogens with zero attached hydrogens (tertiary/aromatic N) is 2. The van der Waals surface area contributed by atoms with E-state index in [9.17, 15) is 9.90 Å². The molecule has 106 valence electrons. The second-order valence-electron chi connectivity index (χ2n) is 5.65. The number of hydrogen-bond acceptors (Lipinski definition) is 3. The van der Waals surface area contributed by atoms with Crippen LogP contribution in [0, 0.1) is 0 Å². The SMILES string of the molecule is C=CCN(c1nc2c(cc1C(=O)O)CCCC2)C1CC1. The molecule has 1 N–H and O–H groups in total. The van der Waals surface area contributed by atoms with Crippen LogP contribution in [0.1, 0.15) is 47.3 Å². The number of fused-ring (bicyclic) bond motifs is 1. The van der Waals surface area contributed by atoms with Crippen LogP contribution in [-0.2, 0) is 12.8 Å². The van der Waals surface area contributed by atoms with E-state index >= 15 is 0 Å². The van der Waals surface area contributed by atoms with Crippen LogP contribution in [0.2, 0.25) is 0 Å². The van der Waals surface area contributed by atoms with Crippen molar-refractivity contribution in [1.82, 2.24) is 4.98 Å². The molecule has 20 heavy (non-hydrogen) atoms. The van der Waals surface area contributed by atoms with Crippen molar-refractivity contribution in [3.05, 3.63) is 35.5 Å². The molecule has 0 atom stereocenters. The lowest BCUT2D eigenvalue weighted by molar-refractivity contribution is 0.0697. The summed E-state index contributed by atoms with van der Waals surface area (Å²) in [6.07, 6.45) is 8.26. The lowest BCUT2D eigenvalue weighted by Crippen LogP contribution is -2.29. The van der Waals surface area contributed by atoms with Gasteiger partial charge in [-0.05, 0) is 50.2 Å². The van der Waals surface area contributed by atoms with Gasteiger partial charge < -0.3 is 10.0 Å². The van der Waals surface area contributed by atoms with Crippen molar-refractivity contribution in [3.63, 3.8) is 0 Å². The molecule has 1 aromatic heterocycles. The maximum absolute atomic E-state index is 11.6. The van der Waals surface area contributed by atoms with Gasteiger partial charge in [0.25, 0.3) is 0 Å². The van der Waals surface area contributed by atoms with E-state index in [1.807, 2.05) is 12.1 Å². The highest BCUT2D eigenvalue weighted by molar-refractivity contribution is 5.94. The number of pyridine rings is 1. The molecule has 0 saturated heterocycles. The summed E-state index contributed by atoms with van der Waals surface area (Å²) in [5, 5.41) is 9.49. The summed E-state index contributed by atoms with van der Waals surface area (Å²) in [6.45, 7) is 4.44. The second-order valence-corrected chi connectivity index (χ2v) is 5.65. The van der Waals surface area contributed by atoms with Crippen molar-refractivity contribution in [2.75, 3.05) is 11.4 Å². The molecule has 4 heteroatoms. The van der Waals surface area contributed by atoms with Gasteiger partial charge in [0.2, 0.25) is 0 Å². The van der Waals surface area contributed by atoms with Crippen molar-refractivity contribution in [1.29, 1.82) is 0 Å². The topological polar surface area (TPSA) is 53.4 Å². The standard InChI is InChI=1S/C16H20N2O2/c1-2-9-18(12-7-8-12)15-13(16(19)20)10-11-5-3-4-6-14(11)17-15/h2,10,12H,1,3-9H2,(H,19,20). The Balaban J connectivity index is 2.06. The van der Waals surface area contributed by atoms with Crippen LogP contribution in [0.25, 0.3) is 0 Å². The van der Waals surface area contributed by atoms with Crippen molar-refractivity contribution in [2.45, 2.75) is 44.6 Å². The number of aryl methyl sites for hydroxylation is 2. The summed E-state index contributed by atoms with van der Waals surface area (Å²) in [7, 11) is 0. The highest BCUT2D eigenvalue weighted by atomic mass is 16.4. The third-order valence-corrected chi connectivity index (χ3v) is 4.10. The normalized spacial score (nSPS) is 17.4. The molecule has 1 aromatic rings. The summed E-state index contributed by atoms with van der Waals surface area (Å²) >= 11 is 0. The van der Waals surface area contributed by atoms with E-state index in [1.165, 1.54) is 0 Å². The zero-order valence-electron chi connectivity index (χ0n) is 11.6. The Morgan fingerprint density at radius 2 is 2.20 bits per heavy atom. The molecule has 4 nitrogen and oxygen atoms in total. The molecule has 0 unspecified atom stereocenters. The van der Waals surface area contributed by atoms with Gasteiger partial charge in [-0.1, -0.05) is 6.08 Å². The molecule has 0 bridgehead atoms. The van der Waals surface area contributed by atoms with Crippen LogP contribution < -0.4 is 4.90 Å². The molecule has 2 aliphatic carbocycles. The molecule has 2 aliphatic rings. The van der Waals surface area contributed by atoms with Crippen LogP contribution in [0.15, 0.2) is 18.7 Å². The van der Waals surface area contributed by atoms with Crippen molar-refractivity contribution < 1.29 is 9.90 Å². The molecule has 0 radical (unpaired) electrons. The Kier molecular flexibility index (Phi) is 3.47. The monoisotopic (exact) mass is 272 g/mol. The molecule has 0 aromatic carbocycles. The average molecular weight is 272 g/mol. The molecular formula is C16H20N2O2. The number of anilines is 1. The number of hydrogen-bond donors (Lipinski definition) is 1. The summed E-state index contributed by atoms with van der Waals surface area (Å²) in [5.74, 6) is -0.240. The van der Waals surface area contributed by atoms with Gasteiger partial charge in [0, 0.05) is 18.3 Å². The molecular weight excluding hydrogens is 252 g/mol. The Labute approximate surface area is 119 Å². The molecule has 0 amide bonds. The summed E-state index contributed by atoms with van der Waals surface area (Å²) < 4.78 is 0. The molecule has 1 saturated carbocycles. The Bertz CT molecular complexity index is 550. The van der Waals surface area contributed by atoms with E-state index in [2.05, 4.69) is 11.5 Å². The molecule has 0 spiro atoms. The minimum Gasteiger partial charge on any atom is -0.478 e. The highest BCUT2D eigenvalue weighted by Gasteiger charge is 2.32. The van der Waals surface area contributed by atoms with Gasteiger partial charge in [-0.2, -0.15) is 0 Å². The van der Waals surface area contributed by atoms with Gasteiger partial charge >= 0.3 is 5.97 Å². The third kappa shape index (κ3) is 2.42. The quantitative estimate of drug-likeness (QED) is 0.837. The van der Waals surface area contributed by atoms with E-state index < -0.39 is 5.97 Å². The Hall–Kier alpha value is -1.84. The third-order valence-electron chi connectivity index (χ3n) is 4.10. The largest absolute Gasteiger partial charge is 0.478 e. The Morgan fingerprint density at radius 1 is 1.45 bits per heavy atom. The number of carboxylic acid groups (broad SMARTS) is 1. The van der Waals surface area contributed by atoms with Crippen molar-refractivity contribution in [3.8, 4) is 0 Å². The fraction of sp³-hybridized carbons (Fsp3) is 0.500. The van der Waals surface area contributed by atoms with E-state index in [0.717, 1.165) is 49.8 Å². The van der Waals surface area contributed by atoms with Crippen molar-refractivity contribution >= 4 is 11.8 Å². The fourth-order valence-corrected chi connectivity index (χ4v) is 2.93. The van der Waals surface area contributed by atoms with Gasteiger partial charge in [0.15, 0.2) is 0 Å². The van der Waals surface area contributed by atoms with Crippen LogP contribution in [0.5, 0.6) is 0 Å². The first kappa shape index (κ1) is 13.2. The summed E-state index contributed by atoms with van der Waals surface area (Å²) in [4.78, 5) is 18.4. The van der Waals surface area contributed by atoms with Crippen LogP contribution in [-0.4, -0.2) is 28.6 Å². The summed E-state index contributed by atoms with van der Waals surface area (Å²) in [5.41, 5.74) is 2.55. The van der Waals surface area contributed by atoms with Crippen LogP contribution in [0.3, 0.4) is 0 Å². The molecule has 0 aliphatic heterocycles. The first-order chi connectivity index (χ1) is 9.70. The molecule has 3 rings (SSSR count). The van der Waals surface area contributed by atoms with Crippen molar-refractivity contribution in [2.24, 2.45) is 0 Å². The zero-order chi connectivity index (χ0) is 14.1. The average Bonchev–Trinajstić information content (AvgIpc) is 3.28. The van der Waals surface area contributed by atoms with Gasteiger partial charge in [0.1, 0.15) is 11.4 Å². The van der Waals surface area contributed by atoms with E-state index in [1.54, 1.807) is 0 Å². The Morgan fingerprint density at radius 3 is 2.85 bits per heavy atom. The minimum absolute atomic E-state index is 0.347. The van der Waals surface area contributed by atoms with Crippen LogP contribution in [0.4, 0.5) is 5.82 Å². The van der Waals surface area contributed by atoms with Gasteiger partial charge in [-0.25, -0.2) is 9.78 Å². The second kappa shape index (κ2) is 5.27. The van der Waals surface area contributed by atoms with E-state index in [4.69, 9.17) is 4.98 Å². The lowest BCUT2D eigenvalue weighted by atomic mass is 9.94. The highest BCUT2D eigenvalue weighted by Crippen LogP contribution is 2.34. The maximum atomic E-state index is 11.6. The number of aromatic nitrogens is 1. The van der Waals surface area contributed by atoms with E-state index in [-0.39, 0.29) is 0 Å². The predicted octanol–water partition coefficient (Wildman–Crippen LogP) is 2.81. The smallest absolute Gasteiger partial charge is 0.339 e. The van der Waals surface area contributed by atoms with E-state index in [0.29, 0.717) is 24.0 Å². The minimum atomic E-state index is -0.879. The predicted molar refractivity (Wildman–Crippen MR) is 78.4 cm³/mol. The number of carbonyl (C=O) groups is 1. The first-order valence-corrected chi connectivity index (χ1v) is 7.34. The van der Waals surface area contributed by atoms with Gasteiger partial charge in [-0.3, -0.25) is 0 Å². The van der Waals surface area contributed by atoms with Gasteiger partial charge in [-0.15, -0.1) is 6.58 Å². The number of aromatic carboxylic acids is 1. The lowest BCUT2D eigenvalue weighted by Gasteiger charge is -2.26. The number of rotatable bonds is 5. The molecule has 1 heterocycles.